The number of pyridine rings is 1. The van der Waals surface area contributed by atoms with Gasteiger partial charge >= 0.3 is 0 Å². The van der Waals surface area contributed by atoms with Gasteiger partial charge < -0.3 is 4.90 Å². The summed E-state index contributed by atoms with van der Waals surface area (Å²) in [4.78, 5) is 6.46. The zero-order valence-corrected chi connectivity index (χ0v) is 14.8. The van der Waals surface area contributed by atoms with Crippen LogP contribution in [0.25, 0.3) is 0 Å². The Bertz CT molecular complexity index is 617. The van der Waals surface area contributed by atoms with E-state index in [2.05, 4.69) is 9.88 Å². The molecule has 2 saturated heterocycles. The first-order valence-electron chi connectivity index (χ1n) is 8.19. The Kier molecular flexibility index (Phi) is 5.41. The van der Waals surface area contributed by atoms with Crippen LogP contribution in [0.1, 0.15) is 25.7 Å². The lowest BCUT2D eigenvalue weighted by Crippen LogP contribution is -2.47. The molecule has 8 heteroatoms. The van der Waals surface area contributed by atoms with Crippen molar-refractivity contribution in [2.75, 3.05) is 44.2 Å². The Morgan fingerprint density at radius 3 is 2.26 bits per heavy atom. The van der Waals surface area contributed by atoms with Gasteiger partial charge in [0, 0.05) is 45.5 Å². The fourth-order valence-electron chi connectivity index (χ4n) is 3.17. The van der Waals surface area contributed by atoms with Crippen molar-refractivity contribution in [2.45, 2.75) is 25.7 Å². The summed E-state index contributed by atoms with van der Waals surface area (Å²) in [6.07, 6.45) is 5.49. The van der Waals surface area contributed by atoms with E-state index in [1.165, 1.54) is 0 Å². The molecule has 2 aliphatic heterocycles. The first-order chi connectivity index (χ1) is 11.1. The number of halogens is 1. The third kappa shape index (κ3) is 3.96. The van der Waals surface area contributed by atoms with Crippen molar-refractivity contribution in [1.82, 2.24) is 13.6 Å². The molecule has 0 unspecified atom stereocenters. The van der Waals surface area contributed by atoms with Gasteiger partial charge in [-0.05, 0) is 31.4 Å². The molecule has 0 atom stereocenters. The predicted molar refractivity (Wildman–Crippen MR) is 92.0 cm³/mol. The molecule has 3 heterocycles. The second-order valence-electron chi connectivity index (χ2n) is 6.04. The van der Waals surface area contributed by atoms with E-state index in [9.17, 15) is 8.42 Å². The van der Waals surface area contributed by atoms with Crippen molar-refractivity contribution in [2.24, 2.45) is 0 Å². The maximum atomic E-state index is 12.8. The van der Waals surface area contributed by atoms with Gasteiger partial charge in [0.2, 0.25) is 0 Å². The number of rotatable bonds is 3. The van der Waals surface area contributed by atoms with Crippen LogP contribution in [0.3, 0.4) is 0 Å². The molecule has 128 valence electrons. The van der Waals surface area contributed by atoms with Gasteiger partial charge in [0.05, 0.1) is 5.02 Å². The number of hydrogen-bond donors (Lipinski definition) is 0. The van der Waals surface area contributed by atoms with Gasteiger partial charge in [-0.1, -0.05) is 18.0 Å². The number of nitrogens with zero attached hydrogens (tertiary/aromatic N) is 4. The summed E-state index contributed by atoms with van der Waals surface area (Å²) in [5, 5.41) is 0.609. The molecule has 0 aromatic carbocycles. The Balaban J connectivity index is 1.67. The molecule has 0 aliphatic carbocycles. The molecule has 0 saturated carbocycles. The van der Waals surface area contributed by atoms with E-state index >= 15 is 0 Å². The zero-order chi connectivity index (χ0) is 16.3. The lowest BCUT2D eigenvalue weighted by atomic mass is 10.2. The van der Waals surface area contributed by atoms with Gasteiger partial charge in [0.1, 0.15) is 5.82 Å². The largest absolute Gasteiger partial charge is 0.355 e. The molecule has 2 aliphatic rings. The number of aromatic nitrogens is 1. The summed E-state index contributed by atoms with van der Waals surface area (Å²) in [5.41, 5.74) is 0. The third-order valence-corrected chi connectivity index (χ3v) is 6.72. The second-order valence-corrected chi connectivity index (χ2v) is 8.41. The lowest BCUT2D eigenvalue weighted by Gasteiger charge is -2.31. The van der Waals surface area contributed by atoms with E-state index in [4.69, 9.17) is 11.6 Å². The summed E-state index contributed by atoms with van der Waals surface area (Å²) in [6.45, 7) is 3.84. The Hall–Kier alpha value is -0.890. The first-order valence-corrected chi connectivity index (χ1v) is 9.96. The summed E-state index contributed by atoms with van der Waals surface area (Å²) < 4.78 is 28.8. The van der Waals surface area contributed by atoms with Crippen molar-refractivity contribution in [1.29, 1.82) is 0 Å². The summed E-state index contributed by atoms with van der Waals surface area (Å²) >= 11 is 5.88. The molecule has 0 N–H and O–H groups in total. The van der Waals surface area contributed by atoms with Crippen LogP contribution in [0.5, 0.6) is 0 Å². The highest BCUT2D eigenvalue weighted by molar-refractivity contribution is 7.86. The van der Waals surface area contributed by atoms with E-state index < -0.39 is 10.2 Å². The number of anilines is 1. The van der Waals surface area contributed by atoms with Gasteiger partial charge in [-0.3, -0.25) is 0 Å². The molecule has 23 heavy (non-hydrogen) atoms. The van der Waals surface area contributed by atoms with E-state index in [1.54, 1.807) is 14.8 Å². The van der Waals surface area contributed by atoms with Gasteiger partial charge in [-0.25, -0.2) is 4.98 Å². The van der Waals surface area contributed by atoms with E-state index in [1.807, 2.05) is 12.1 Å². The van der Waals surface area contributed by atoms with E-state index in [-0.39, 0.29) is 0 Å². The highest BCUT2D eigenvalue weighted by Crippen LogP contribution is 2.20. The van der Waals surface area contributed by atoms with Crippen molar-refractivity contribution in [3.05, 3.63) is 23.4 Å². The Morgan fingerprint density at radius 1 is 0.870 bits per heavy atom. The SMILES string of the molecule is O=S(=O)(N1CCCCC1)N1CCCN(c2ccc(Cl)cn2)CC1. The molecule has 0 radical (unpaired) electrons. The highest BCUT2D eigenvalue weighted by Gasteiger charge is 2.31. The minimum absolute atomic E-state index is 0.503. The average Bonchev–Trinajstić information content (AvgIpc) is 2.83. The van der Waals surface area contributed by atoms with Crippen LogP contribution in [0, 0.1) is 0 Å². The topological polar surface area (TPSA) is 56.8 Å². The quantitative estimate of drug-likeness (QED) is 0.829. The summed E-state index contributed by atoms with van der Waals surface area (Å²) in [6, 6.07) is 3.70. The average molecular weight is 359 g/mol. The van der Waals surface area contributed by atoms with Crippen LogP contribution in [0.4, 0.5) is 5.82 Å². The molecule has 0 amide bonds. The highest BCUT2D eigenvalue weighted by atomic mass is 35.5. The Labute approximate surface area is 143 Å². The smallest absolute Gasteiger partial charge is 0.282 e. The maximum absolute atomic E-state index is 12.8. The van der Waals surface area contributed by atoms with Crippen LogP contribution in [0.15, 0.2) is 18.3 Å². The van der Waals surface area contributed by atoms with E-state index in [0.29, 0.717) is 37.7 Å². The minimum Gasteiger partial charge on any atom is -0.355 e. The van der Waals surface area contributed by atoms with Crippen LogP contribution in [-0.2, 0) is 10.2 Å². The standard InChI is InChI=1S/C15H23ClN4O2S/c16-14-5-6-15(17-13-14)18-7-4-10-20(12-11-18)23(21,22)19-8-2-1-3-9-19/h5-6,13H,1-4,7-12H2. The number of piperidine rings is 1. The normalized spacial score (nSPS) is 22.0. The third-order valence-electron chi connectivity index (χ3n) is 4.46. The molecule has 1 aromatic heterocycles. The first kappa shape index (κ1) is 17.0. The lowest BCUT2D eigenvalue weighted by molar-refractivity contribution is 0.307. The monoisotopic (exact) mass is 358 g/mol. The van der Waals surface area contributed by atoms with Crippen LogP contribution >= 0.6 is 11.6 Å². The van der Waals surface area contributed by atoms with Crippen LogP contribution in [0.2, 0.25) is 5.02 Å². The van der Waals surface area contributed by atoms with Crippen molar-refractivity contribution >= 4 is 27.6 Å². The van der Waals surface area contributed by atoms with Gasteiger partial charge in [0.25, 0.3) is 10.2 Å². The fraction of sp³-hybridized carbons (Fsp3) is 0.667. The summed E-state index contributed by atoms with van der Waals surface area (Å²) in [7, 11) is -3.32. The molecular weight excluding hydrogens is 336 g/mol. The van der Waals surface area contributed by atoms with Gasteiger partial charge in [0.15, 0.2) is 0 Å². The summed E-state index contributed by atoms with van der Waals surface area (Å²) in [5.74, 6) is 0.853. The van der Waals surface area contributed by atoms with Crippen molar-refractivity contribution < 1.29 is 8.42 Å². The molecule has 2 fully saturated rings. The molecule has 0 spiro atoms. The maximum Gasteiger partial charge on any atom is 0.282 e. The van der Waals surface area contributed by atoms with Crippen LogP contribution < -0.4 is 4.90 Å². The molecule has 3 rings (SSSR count). The van der Waals surface area contributed by atoms with Crippen molar-refractivity contribution in [3.63, 3.8) is 0 Å². The fourth-order valence-corrected chi connectivity index (χ4v) is 5.00. The molecule has 6 nitrogen and oxygen atoms in total. The zero-order valence-electron chi connectivity index (χ0n) is 13.2. The van der Waals surface area contributed by atoms with Crippen molar-refractivity contribution in [3.8, 4) is 0 Å². The van der Waals surface area contributed by atoms with Crippen LogP contribution in [-0.4, -0.2) is 61.3 Å². The minimum atomic E-state index is -3.32. The molecule has 1 aromatic rings. The second kappa shape index (κ2) is 7.34. The molecule has 0 bridgehead atoms. The van der Waals surface area contributed by atoms with E-state index in [0.717, 1.165) is 38.0 Å². The predicted octanol–water partition coefficient (Wildman–Crippen LogP) is 1.98. The van der Waals surface area contributed by atoms with Gasteiger partial charge in [-0.2, -0.15) is 17.0 Å². The molecular formula is C15H23ClN4O2S. The Morgan fingerprint density at radius 2 is 1.57 bits per heavy atom. The van der Waals surface area contributed by atoms with Gasteiger partial charge in [-0.15, -0.1) is 0 Å². The number of hydrogen-bond acceptors (Lipinski definition) is 4.